The number of rotatable bonds is 0. The molecule has 2 rings (SSSR count). The van der Waals surface area contributed by atoms with Gasteiger partial charge in [0.15, 0.2) is 0 Å². The summed E-state index contributed by atoms with van der Waals surface area (Å²) in [5.74, 6) is 0. The summed E-state index contributed by atoms with van der Waals surface area (Å²) in [4.78, 5) is 8.06. The first-order chi connectivity index (χ1) is 7.18. The first-order valence-corrected chi connectivity index (χ1v) is 4.95. The molecule has 0 aromatic carbocycles. The van der Waals surface area contributed by atoms with E-state index in [1.807, 2.05) is 51.2 Å². The third-order valence-corrected chi connectivity index (χ3v) is 1.87. The van der Waals surface area contributed by atoms with E-state index in [2.05, 4.69) is 16.0 Å². The van der Waals surface area contributed by atoms with E-state index in [4.69, 9.17) is 0 Å². The van der Waals surface area contributed by atoms with Gasteiger partial charge in [0.2, 0.25) is 0 Å². The molecule has 2 aromatic rings. The fraction of sp³-hybridized carbons (Fsp3) is 0.231. The van der Waals surface area contributed by atoms with Gasteiger partial charge in [-0.2, -0.15) is 0 Å². The van der Waals surface area contributed by atoms with Crippen LogP contribution in [0.4, 0.5) is 0 Å². The van der Waals surface area contributed by atoms with Crippen LogP contribution in [0.25, 0.3) is 0 Å². The summed E-state index contributed by atoms with van der Waals surface area (Å²) >= 11 is 0. The minimum atomic E-state index is 1.07. The molecule has 15 heavy (non-hydrogen) atoms. The van der Waals surface area contributed by atoms with Crippen LogP contribution in [0.1, 0.15) is 17.0 Å². The summed E-state index contributed by atoms with van der Waals surface area (Å²) in [5, 5.41) is 0. The van der Waals surface area contributed by atoms with Gasteiger partial charge in [-0.3, -0.25) is 9.97 Å². The Labute approximate surface area is 91.0 Å². The van der Waals surface area contributed by atoms with E-state index in [1.54, 1.807) is 6.20 Å². The first-order valence-electron chi connectivity index (χ1n) is 4.95. The molecule has 0 spiro atoms. The molecule has 0 aliphatic rings. The Morgan fingerprint density at radius 3 is 1.87 bits per heavy atom. The zero-order valence-corrected chi connectivity index (χ0v) is 9.44. The SMILES string of the molecule is Cc1ccc(C)nc1.Cc1ccccn1. The average molecular weight is 200 g/mol. The number of aromatic nitrogens is 2. The summed E-state index contributed by atoms with van der Waals surface area (Å²) in [6.07, 6.45) is 3.66. The maximum Gasteiger partial charge on any atom is 0.0372 e. The molecule has 2 nitrogen and oxygen atoms in total. The topological polar surface area (TPSA) is 25.8 Å². The molecular weight excluding hydrogens is 184 g/mol. The van der Waals surface area contributed by atoms with E-state index in [0.717, 1.165) is 11.4 Å². The van der Waals surface area contributed by atoms with Crippen LogP contribution in [-0.2, 0) is 0 Å². The Balaban J connectivity index is 0.000000151. The molecule has 0 aliphatic carbocycles. The summed E-state index contributed by atoms with van der Waals surface area (Å²) in [5.41, 5.74) is 3.37. The van der Waals surface area contributed by atoms with Gasteiger partial charge in [0, 0.05) is 23.8 Å². The summed E-state index contributed by atoms with van der Waals surface area (Å²) in [6.45, 7) is 5.99. The van der Waals surface area contributed by atoms with Crippen molar-refractivity contribution in [3.8, 4) is 0 Å². The van der Waals surface area contributed by atoms with Gasteiger partial charge in [-0.1, -0.05) is 12.1 Å². The molecule has 0 unspecified atom stereocenters. The van der Waals surface area contributed by atoms with E-state index in [0.29, 0.717) is 0 Å². The fourth-order valence-corrected chi connectivity index (χ4v) is 0.990. The smallest absolute Gasteiger partial charge is 0.0372 e. The van der Waals surface area contributed by atoms with Crippen molar-refractivity contribution in [2.24, 2.45) is 0 Å². The molecule has 0 saturated heterocycles. The zero-order chi connectivity index (χ0) is 11.1. The van der Waals surface area contributed by atoms with Crippen LogP contribution in [0.15, 0.2) is 42.7 Å². The molecule has 78 valence electrons. The highest BCUT2D eigenvalue weighted by Gasteiger charge is 1.81. The van der Waals surface area contributed by atoms with Gasteiger partial charge >= 0.3 is 0 Å². The minimum Gasteiger partial charge on any atom is -0.262 e. The molecule has 0 atom stereocenters. The zero-order valence-electron chi connectivity index (χ0n) is 9.44. The maximum absolute atomic E-state index is 4.08. The molecule has 0 aliphatic heterocycles. The lowest BCUT2D eigenvalue weighted by Gasteiger charge is -1.89. The summed E-state index contributed by atoms with van der Waals surface area (Å²) in [7, 11) is 0. The van der Waals surface area contributed by atoms with Gasteiger partial charge in [0.25, 0.3) is 0 Å². The van der Waals surface area contributed by atoms with Crippen LogP contribution in [0.2, 0.25) is 0 Å². The van der Waals surface area contributed by atoms with Gasteiger partial charge in [0.1, 0.15) is 0 Å². The molecule has 0 fully saturated rings. The number of aryl methyl sites for hydroxylation is 3. The van der Waals surface area contributed by atoms with Crippen LogP contribution < -0.4 is 0 Å². The van der Waals surface area contributed by atoms with Gasteiger partial charge in [0.05, 0.1) is 0 Å². The van der Waals surface area contributed by atoms with Gasteiger partial charge in [-0.15, -0.1) is 0 Å². The van der Waals surface area contributed by atoms with Crippen LogP contribution >= 0.6 is 0 Å². The summed E-state index contributed by atoms with van der Waals surface area (Å²) in [6, 6.07) is 9.92. The maximum atomic E-state index is 4.08. The van der Waals surface area contributed by atoms with Crippen molar-refractivity contribution in [3.63, 3.8) is 0 Å². The third kappa shape index (κ3) is 4.91. The van der Waals surface area contributed by atoms with Crippen molar-refractivity contribution in [3.05, 3.63) is 59.7 Å². The highest BCUT2D eigenvalue weighted by atomic mass is 14.6. The first kappa shape index (κ1) is 11.4. The summed E-state index contributed by atoms with van der Waals surface area (Å²) < 4.78 is 0. The van der Waals surface area contributed by atoms with Crippen molar-refractivity contribution in [2.75, 3.05) is 0 Å². The van der Waals surface area contributed by atoms with Crippen molar-refractivity contribution in [2.45, 2.75) is 20.8 Å². The highest BCUT2D eigenvalue weighted by molar-refractivity contribution is 5.10. The largest absolute Gasteiger partial charge is 0.262 e. The van der Waals surface area contributed by atoms with Gasteiger partial charge in [-0.25, -0.2) is 0 Å². The number of hydrogen-bond acceptors (Lipinski definition) is 2. The minimum absolute atomic E-state index is 1.07. The van der Waals surface area contributed by atoms with E-state index in [9.17, 15) is 0 Å². The van der Waals surface area contributed by atoms with Crippen molar-refractivity contribution in [1.29, 1.82) is 0 Å². The van der Waals surface area contributed by atoms with E-state index >= 15 is 0 Å². The van der Waals surface area contributed by atoms with Crippen LogP contribution in [0.5, 0.6) is 0 Å². The van der Waals surface area contributed by atoms with Crippen molar-refractivity contribution < 1.29 is 0 Å². The molecular formula is C13H16N2. The number of nitrogens with zero attached hydrogens (tertiary/aromatic N) is 2. The molecule has 2 heterocycles. The predicted octanol–water partition coefficient (Wildman–Crippen LogP) is 3.09. The van der Waals surface area contributed by atoms with Crippen molar-refractivity contribution >= 4 is 0 Å². The van der Waals surface area contributed by atoms with Crippen LogP contribution in [-0.4, -0.2) is 9.97 Å². The Morgan fingerprint density at radius 1 is 0.800 bits per heavy atom. The molecule has 2 aromatic heterocycles. The number of hydrogen-bond donors (Lipinski definition) is 0. The van der Waals surface area contributed by atoms with E-state index < -0.39 is 0 Å². The average Bonchev–Trinajstić information content (AvgIpc) is 2.25. The lowest BCUT2D eigenvalue weighted by atomic mass is 10.3. The Hall–Kier alpha value is -1.70. The highest BCUT2D eigenvalue weighted by Crippen LogP contribution is 1.94. The number of pyridine rings is 2. The molecule has 0 bridgehead atoms. The molecule has 2 heteroatoms. The monoisotopic (exact) mass is 200 g/mol. The normalized spacial score (nSPS) is 9.00. The van der Waals surface area contributed by atoms with E-state index in [-0.39, 0.29) is 0 Å². The Morgan fingerprint density at radius 2 is 1.53 bits per heavy atom. The Bertz CT molecular complexity index is 358. The fourth-order valence-electron chi connectivity index (χ4n) is 0.990. The predicted molar refractivity (Wildman–Crippen MR) is 62.7 cm³/mol. The third-order valence-electron chi connectivity index (χ3n) is 1.87. The van der Waals surface area contributed by atoms with Gasteiger partial charge < -0.3 is 0 Å². The molecule has 0 radical (unpaired) electrons. The lowest BCUT2D eigenvalue weighted by molar-refractivity contribution is 1.17. The molecule has 0 amide bonds. The van der Waals surface area contributed by atoms with Crippen LogP contribution in [0, 0.1) is 20.8 Å². The second-order valence-corrected chi connectivity index (χ2v) is 3.45. The Kier molecular flexibility index (Phi) is 4.48. The van der Waals surface area contributed by atoms with Crippen molar-refractivity contribution in [1.82, 2.24) is 9.97 Å². The molecule has 0 saturated carbocycles. The van der Waals surface area contributed by atoms with Gasteiger partial charge in [-0.05, 0) is 44.5 Å². The molecule has 0 N–H and O–H groups in total. The van der Waals surface area contributed by atoms with E-state index in [1.165, 1.54) is 5.56 Å². The quantitative estimate of drug-likeness (QED) is 0.653. The second kappa shape index (κ2) is 5.91. The second-order valence-electron chi connectivity index (χ2n) is 3.45. The van der Waals surface area contributed by atoms with Crippen LogP contribution in [0.3, 0.4) is 0 Å². The standard InChI is InChI=1S/C7H9N.C6H7N/c1-6-3-4-7(2)8-5-6;1-6-4-2-3-5-7-6/h3-5H,1-2H3;2-5H,1H3. The lowest BCUT2D eigenvalue weighted by Crippen LogP contribution is -1.78.